The van der Waals surface area contributed by atoms with E-state index in [4.69, 9.17) is 0 Å². The highest BCUT2D eigenvalue weighted by molar-refractivity contribution is 7.98. The van der Waals surface area contributed by atoms with E-state index in [1.54, 1.807) is 0 Å². The minimum absolute atomic E-state index is 0.854. The Hall–Kier alpha value is -2.23. The van der Waals surface area contributed by atoms with Crippen molar-refractivity contribution in [1.29, 1.82) is 0 Å². The molecule has 3 rings (SSSR count). The van der Waals surface area contributed by atoms with Gasteiger partial charge in [0.15, 0.2) is 0 Å². The fourth-order valence-corrected chi connectivity index (χ4v) is 4.01. The number of nitrogens with zero attached hydrogens (tertiary/aromatic N) is 1. The Morgan fingerprint density at radius 3 is 2.32 bits per heavy atom. The van der Waals surface area contributed by atoms with Crippen LogP contribution in [-0.2, 0) is 12.3 Å². The maximum Gasteiger partial charge on any atom is 0.0459 e. The molecule has 0 amide bonds. The van der Waals surface area contributed by atoms with Crippen molar-refractivity contribution in [3.8, 4) is 0 Å². The quantitative estimate of drug-likeness (QED) is 0.399. The van der Waals surface area contributed by atoms with E-state index in [0.717, 1.165) is 25.4 Å². The molecule has 0 fully saturated rings. The summed E-state index contributed by atoms with van der Waals surface area (Å²) in [5, 5.41) is 1.32. The second-order valence-corrected chi connectivity index (χ2v) is 7.05. The average Bonchev–Trinajstić information content (AvgIpc) is 2.98. The summed E-state index contributed by atoms with van der Waals surface area (Å²) in [7, 11) is 0. The molecule has 128 valence electrons. The number of fused-ring (bicyclic) bond motifs is 1. The highest BCUT2D eigenvalue weighted by atomic mass is 32.2. The Kier molecular flexibility index (Phi) is 6.15. The first-order valence-electron chi connectivity index (χ1n) is 8.52. The minimum atomic E-state index is 0.854. The van der Waals surface area contributed by atoms with Crippen molar-refractivity contribution in [2.24, 2.45) is 0 Å². The van der Waals surface area contributed by atoms with Gasteiger partial charge in [-0.3, -0.25) is 4.90 Å². The SMILES string of the molecule is C=CCN(CC=C)Cc1[nH]c2ccccc2c1CSc1ccccc1. The smallest absolute Gasteiger partial charge is 0.0459 e. The van der Waals surface area contributed by atoms with E-state index in [0.29, 0.717) is 0 Å². The molecule has 0 saturated carbocycles. The highest BCUT2D eigenvalue weighted by Crippen LogP contribution is 2.30. The van der Waals surface area contributed by atoms with Gasteiger partial charge in [0.05, 0.1) is 0 Å². The predicted molar refractivity (Wildman–Crippen MR) is 110 cm³/mol. The molecule has 1 heterocycles. The number of para-hydroxylation sites is 1. The molecular formula is C22H24N2S. The molecule has 0 spiro atoms. The standard InChI is InChI=1S/C22H24N2S/c1-3-14-24(15-4-2)16-22-20(17-25-18-10-6-5-7-11-18)19-12-8-9-13-21(19)23-22/h3-13,23H,1-2,14-17H2. The van der Waals surface area contributed by atoms with Crippen LogP contribution in [0, 0.1) is 0 Å². The van der Waals surface area contributed by atoms with Gasteiger partial charge < -0.3 is 4.98 Å². The van der Waals surface area contributed by atoms with Crippen molar-refractivity contribution in [3.63, 3.8) is 0 Å². The van der Waals surface area contributed by atoms with E-state index in [2.05, 4.69) is 77.6 Å². The average molecular weight is 349 g/mol. The van der Waals surface area contributed by atoms with Crippen LogP contribution in [0.15, 0.2) is 84.8 Å². The zero-order valence-electron chi connectivity index (χ0n) is 14.4. The van der Waals surface area contributed by atoms with Gasteiger partial charge in [0.1, 0.15) is 0 Å². The molecular weight excluding hydrogens is 324 g/mol. The summed E-state index contributed by atoms with van der Waals surface area (Å²) < 4.78 is 0. The molecule has 0 radical (unpaired) electrons. The van der Waals surface area contributed by atoms with Gasteiger partial charge in [0.25, 0.3) is 0 Å². The number of hydrogen-bond acceptors (Lipinski definition) is 2. The number of aromatic amines is 1. The van der Waals surface area contributed by atoms with Crippen LogP contribution in [-0.4, -0.2) is 23.0 Å². The zero-order valence-corrected chi connectivity index (χ0v) is 15.3. The molecule has 0 aliphatic carbocycles. The first kappa shape index (κ1) is 17.6. The summed E-state index contributed by atoms with van der Waals surface area (Å²) >= 11 is 1.88. The molecule has 0 unspecified atom stereocenters. The molecule has 0 aliphatic rings. The van der Waals surface area contributed by atoms with Gasteiger partial charge in [-0.1, -0.05) is 48.6 Å². The highest BCUT2D eigenvalue weighted by Gasteiger charge is 2.14. The Labute approximate surface area is 154 Å². The van der Waals surface area contributed by atoms with E-state index >= 15 is 0 Å². The molecule has 1 aromatic heterocycles. The summed E-state index contributed by atoms with van der Waals surface area (Å²) in [6.45, 7) is 10.3. The van der Waals surface area contributed by atoms with Gasteiger partial charge >= 0.3 is 0 Å². The number of nitrogens with one attached hydrogen (secondary N) is 1. The van der Waals surface area contributed by atoms with Gasteiger partial charge in [-0.2, -0.15) is 0 Å². The number of H-pyrrole nitrogens is 1. The summed E-state index contributed by atoms with van der Waals surface area (Å²) in [4.78, 5) is 7.26. The van der Waals surface area contributed by atoms with Crippen molar-refractivity contribution in [3.05, 3.63) is 91.2 Å². The van der Waals surface area contributed by atoms with Crippen molar-refractivity contribution in [2.45, 2.75) is 17.2 Å². The summed E-state index contributed by atoms with van der Waals surface area (Å²) in [5.74, 6) is 0.958. The normalized spacial score (nSPS) is 11.1. The summed E-state index contributed by atoms with van der Waals surface area (Å²) in [5.41, 5.74) is 3.88. The minimum Gasteiger partial charge on any atom is -0.357 e. The van der Waals surface area contributed by atoms with E-state index in [-0.39, 0.29) is 0 Å². The summed E-state index contributed by atoms with van der Waals surface area (Å²) in [6.07, 6.45) is 3.90. The molecule has 3 aromatic rings. The van der Waals surface area contributed by atoms with E-state index in [1.807, 2.05) is 23.9 Å². The number of aromatic nitrogens is 1. The zero-order chi connectivity index (χ0) is 17.5. The fourth-order valence-electron chi connectivity index (χ4n) is 3.02. The second kappa shape index (κ2) is 8.75. The molecule has 0 atom stereocenters. The van der Waals surface area contributed by atoms with Crippen molar-refractivity contribution >= 4 is 22.7 Å². The first-order chi connectivity index (χ1) is 12.3. The van der Waals surface area contributed by atoms with Gasteiger partial charge in [-0.05, 0) is 23.8 Å². The Bertz CT molecular complexity index is 826. The third kappa shape index (κ3) is 4.44. The molecule has 0 bridgehead atoms. The number of thioether (sulfide) groups is 1. The van der Waals surface area contributed by atoms with Gasteiger partial charge in [-0.25, -0.2) is 0 Å². The second-order valence-electron chi connectivity index (χ2n) is 6.00. The molecule has 2 aromatic carbocycles. The van der Waals surface area contributed by atoms with E-state index in [9.17, 15) is 0 Å². The number of hydrogen-bond donors (Lipinski definition) is 1. The largest absolute Gasteiger partial charge is 0.357 e. The van der Waals surface area contributed by atoms with Crippen LogP contribution >= 0.6 is 11.8 Å². The molecule has 0 saturated heterocycles. The van der Waals surface area contributed by atoms with Crippen LogP contribution in [0.2, 0.25) is 0 Å². The predicted octanol–water partition coefficient (Wildman–Crippen LogP) is 5.63. The van der Waals surface area contributed by atoms with Crippen LogP contribution in [0.1, 0.15) is 11.3 Å². The van der Waals surface area contributed by atoms with Crippen LogP contribution in [0.25, 0.3) is 10.9 Å². The van der Waals surface area contributed by atoms with Gasteiger partial charge in [-0.15, -0.1) is 24.9 Å². The van der Waals surface area contributed by atoms with Crippen LogP contribution in [0.3, 0.4) is 0 Å². The lowest BCUT2D eigenvalue weighted by molar-refractivity contribution is 0.324. The van der Waals surface area contributed by atoms with Crippen LogP contribution < -0.4 is 0 Å². The topological polar surface area (TPSA) is 19.0 Å². The lowest BCUT2D eigenvalue weighted by atomic mass is 10.1. The van der Waals surface area contributed by atoms with Crippen molar-refractivity contribution in [2.75, 3.05) is 13.1 Å². The molecule has 0 aliphatic heterocycles. The Morgan fingerprint density at radius 1 is 0.920 bits per heavy atom. The van der Waals surface area contributed by atoms with E-state index < -0.39 is 0 Å². The van der Waals surface area contributed by atoms with Crippen molar-refractivity contribution < 1.29 is 0 Å². The number of benzene rings is 2. The fraction of sp³-hybridized carbons (Fsp3) is 0.182. The van der Waals surface area contributed by atoms with Crippen LogP contribution in [0.4, 0.5) is 0 Å². The summed E-state index contributed by atoms with van der Waals surface area (Å²) in [6, 6.07) is 19.1. The van der Waals surface area contributed by atoms with Crippen molar-refractivity contribution in [1.82, 2.24) is 9.88 Å². The molecule has 2 nitrogen and oxygen atoms in total. The maximum absolute atomic E-state index is 3.88. The lowest BCUT2D eigenvalue weighted by Crippen LogP contribution is -2.24. The maximum atomic E-state index is 3.88. The first-order valence-corrected chi connectivity index (χ1v) is 9.51. The van der Waals surface area contributed by atoms with Crippen LogP contribution in [0.5, 0.6) is 0 Å². The third-order valence-electron chi connectivity index (χ3n) is 4.18. The Morgan fingerprint density at radius 2 is 1.60 bits per heavy atom. The Balaban J connectivity index is 1.88. The number of rotatable bonds is 9. The third-order valence-corrected chi connectivity index (χ3v) is 5.22. The van der Waals surface area contributed by atoms with Gasteiger partial charge in [0.2, 0.25) is 0 Å². The molecule has 3 heteroatoms. The molecule has 25 heavy (non-hydrogen) atoms. The lowest BCUT2D eigenvalue weighted by Gasteiger charge is -2.19. The monoisotopic (exact) mass is 348 g/mol. The van der Waals surface area contributed by atoms with Gasteiger partial charge in [0, 0.05) is 46.9 Å². The molecule has 1 N–H and O–H groups in total. The van der Waals surface area contributed by atoms with E-state index in [1.165, 1.54) is 27.1 Å².